The largest absolute Gasteiger partial charge is 0.338 e. The van der Waals surface area contributed by atoms with Gasteiger partial charge in [0.1, 0.15) is 9.88 Å². The van der Waals surface area contributed by atoms with Gasteiger partial charge in [-0.2, -0.15) is 5.26 Å². The van der Waals surface area contributed by atoms with Crippen molar-refractivity contribution in [2.45, 2.75) is 18.9 Å². The molecule has 1 heterocycles. The third-order valence-corrected chi connectivity index (χ3v) is 5.32. The van der Waals surface area contributed by atoms with Crippen LogP contribution in [0.15, 0.2) is 36.5 Å². The minimum absolute atomic E-state index is 0.0290. The van der Waals surface area contributed by atoms with E-state index >= 15 is 0 Å². The maximum Gasteiger partial charge on any atom is 0.265 e. The van der Waals surface area contributed by atoms with Gasteiger partial charge in [-0.1, -0.05) is 30.3 Å². The highest BCUT2D eigenvalue weighted by Crippen LogP contribution is 2.32. The highest BCUT2D eigenvalue weighted by atomic mass is 32.1. The first-order valence-electron chi connectivity index (χ1n) is 7.59. The average molecular weight is 326 g/mol. The van der Waals surface area contributed by atoms with Gasteiger partial charge < -0.3 is 10.2 Å². The Morgan fingerprint density at radius 1 is 1.43 bits per heavy atom. The van der Waals surface area contributed by atoms with Crippen molar-refractivity contribution in [2.75, 3.05) is 13.6 Å². The lowest BCUT2D eigenvalue weighted by molar-refractivity contribution is 0.0558. The van der Waals surface area contributed by atoms with Crippen LogP contribution in [0.2, 0.25) is 0 Å². The molecular weight excluding hydrogens is 308 g/mol. The second-order valence-corrected chi connectivity index (χ2v) is 6.83. The number of rotatable bonds is 5. The molecule has 0 spiro atoms. The zero-order valence-electron chi connectivity index (χ0n) is 12.9. The van der Waals surface area contributed by atoms with Gasteiger partial charge in [-0.25, -0.2) is 4.98 Å². The van der Waals surface area contributed by atoms with Crippen LogP contribution in [0.1, 0.15) is 22.5 Å². The Kier molecular flexibility index (Phi) is 4.58. The van der Waals surface area contributed by atoms with Crippen LogP contribution in [-0.4, -0.2) is 35.4 Å². The summed E-state index contributed by atoms with van der Waals surface area (Å²) >= 11 is 1.43. The Hall–Kier alpha value is -2.39. The van der Waals surface area contributed by atoms with E-state index in [1.807, 2.05) is 48.5 Å². The molecule has 1 aliphatic carbocycles. The number of carbonyl (C=O) groups is 1. The molecule has 3 rings (SSSR count). The summed E-state index contributed by atoms with van der Waals surface area (Å²) in [5.41, 5.74) is 1.03. The SMILES string of the molecule is CN(C(=O)c1cnc(-c2ccccc2)s1)[C@H]1C[C@H](CNC#N)C1. The van der Waals surface area contributed by atoms with Crippen LogP contribution >= 0.6 is 11.3 Å². The topological polar surface area (TPSA) is 69.0 Å². The Labute approximate surface area is 139 Å². The maximum absolute atomic E-state index is 12.6. The monoisotopic (exact) mass is 326 g/mol. The van der Waals surface area contributed by atoms with Crippen LogP contribution in [0.4, 0.5) is 0 Å². The van der Waals surface area contributed by atoms with Crippen LogP contribution in [0.25, 0.3) is 10.6 Å². The van der Waals surface area contributed by atoms with Crippen LogP contribution < -0.4 is 5.32 Å². The number of thiazole rings is 1. The minimum atomic E-state index is 0.0290. The smallest absolute Gasteiger partial charge is 0.265 e. The fraction of sp³-hybridized carbons (Fsp3) is 0.353. The van der Waals surface area contributed by atoms with E-state index in [1.54, 1.807) is 6.20 Å². The molecule has 0 unspecified atom stereocenters. The molecule has 1 amide bonds. The number of amides is 1. The highest BCUT2D eigenvalue weighted by molar-refractivity contribution is 7.16. The number of aromatic nitrogens is 1. The molecular formula is C17H18N4OS. The summed E-state index contributed by atoms with van der Waals surface area (Å²) < 4.78 is 0. The van der Waals surface area contributed by atoms with Gasteiger partial charge in [-0.15, -0.1) is 11.3 Å². The van der Waals surface area contributed by atoms with Crippen molar-refractivity contribution in [3.8, 4) is 16.8 Å². The second kappa shape index (κ2) is 6.80. The second-order valence-electron chi connectivity index (χ2n) is 5.80. The molecule has 23 heavy (non-hydrogen) atoms. The maximum atomic E-state index is 12.6. The number of nitrogens with zero attached hydrogens (tertiary/aromatic N) is 3. The lowest BCUT2D eigenvalue weighted by atomic mass is 9.79. The van der Waals surface area contributed by atoms with Crippen molar-refractivity contribution < 1.29 is 4.79 Å². The number of benzene rings is 1. The molecule has 1 aromatic carbocycles. The fourth-order valence-corrected chi connectivity index (χ4v) is 3.70. The van der Waals surface area contributed by atoms with E-state index in [9.17, 15) is 4.79 Å². The standard InChI is InChI=1S/C17H18N4OS/c1-21(14-7-12(8-14)9-19-11-18)17(22)15-10-20-16(23-15)13-5-3-2-4-6-13/h2-6,10,12,14,19H,7-9H2,1H3/t12-,14-. The van der Waals surface area contributed by atoms with Gasteiger partial charge in [0, 0.05) is 25.2 Å². The highest BCUT2D eigenvalue weighted by Gasteiger charge is 2.34. The lowest BCUT2D eigenvalue weighted by Gasteiger charge is -2.40. The molecule has 1 fully saturated rings. The van der Waals surface area contributed by atoms with Crippen LogP contribution in [0.3, 0.4) is 0 Å². The first kappa shape index (κ1) is 15.5. The fourth-order valence-electron chi connectivity index (χ4n) is 2.80. The van der Waals surface area contributed by atoms with Crippen molar-refractivity contribution in [1.82, 2.24) is 15.2 Å². The molecule has 1 N–H and O–H groups in total. The van der Waals surface area contributed by atoms with Crippen LogP contribution in [-0.2, 0) is 0 Å². The van der Waals surface area contributed by atoms with Gasteiger partial charge >= 0.3 is 0 Å². The van der Waals surface area contributed by atoms with Crippen molar-refractivity contribution >= 4 is 17.2 Å². The first-order chi connectivity index (χ1) is 11.2. The van der Waals surface area contributed by atoms with Crippen LogP contribution in [0.5, 0.6) is 0 Å². The van der Waals surface area contributed by atoms with Gasteiger partial charge in [0.05, 0.1) is 6.20 Å². The predicted octanol–water partition coefficient (Wildman–Crippen LogP) is 2.73. The number of nitriles is 1. The van der Waals surface area contributed by atoms with Crippen molar-refractivity contribution in [2.24, 2.45) is 5.92 Å². The average Bonchev–Trinajstić information content (AvgIpc) is 3.03. The van der Waals surface area contributed by atoms with E-state index in [0.717, 1.165) is 23.4 Å². The van der Waals surface area contributed by atoms with Gasteiger partial charge in [0.25, 0.3) is 5.91 Å². The van der Waals surface area contributed by atoms with Gasteiger partial charge in [0.2, 0.25) is 0 Å². The zero-order chi connectivity index (χ0) is 16.2. The summed E-state index contributed by atoms with van der Waals surface area (Å²) in [5.74, 6) is 0.512. The molecule has 0 atom stereocenters. The van der Waals surface area contributed by atoms with E-state index in [-0.39, 0.29) is 11.9 Å². The van der Waals surface area contributed by atoms with Crippen molar-refractivity contribution in [3.63, 3.8) is 0 Å². The molecule has 0 bridgehead atoms. The van der Waals surface area contributed by atoms with E-state index in [1.165, 1.54) is 11.3 Å². The minimum Gasteiger partial charge on any atom is -0.338 e. The molecule has 6 heteroatoms. The normalized spacial score (nSPS) is 19.5. The Balaban J connectivity index is 1.61. The lowest BCUT2D eigenvalue weighted by Crippen LogP contribution is -2.47. The van der Waals surface area contributed by atoms with Gasteiger partial charge in [0.15, 0.2) is 6.19 Å². The molecule has 1 aliphatic rings. The molecule has 2 aromatic rings. The molecule has 0 saturated heterocycles. The summed E-state index contributed by atoms with van der Waals surface area (Å²) in [6.07, 6.45) is 5.50. The third-order valence-electron chi connectivity index (χ3n) is 4.29. The number of nitrogens with one attached hydrogen (secondary N) is 1. The summed E-state index contributed by atoms with van der Waals surface area (Å²) in [6.45, 7) is 0.702. The molecule has 1 aromatic heterocycles. The first-order valence-corrected chi connectivity index (χ1v) is 8.41. The van der Waals surface area contributed by atoms with Crippen LogP contribution in [0, 0.1) is 17.4 Å². The van der Waals surface area contributed by atoms with Gasteiger partial charge in [-0.05, 0) is 18.8 Å². The zero-order valence-corrected chi connectivity index (χ0v) is 13.7. The van der Waals surface area contributed by atoms with E-state index < -0.39 is 0 Å². The van der Waals surface area contributed by atoms with E-state index in [2.05, 4.69) is 10.3 Å². The number of carbonyl (C=O) groups excluding carboxylic acids is 1. The molecule has 0 aliphatic heterocycles. The summed E-state index contributed by atoms with van der Waals surface area (Å²) in [6, 6.07) is 10.1. The van der Waals surface area contributed by atoms with Crippen molar-refractivity contribution in [3.05, 3.63) is 41.4 Å². The third kappa shape index (κ3) is 3.35. The molecule has 118 valence electrons. The summed E-state index contributed by atoms with van der Waals surface area (Å²) in [7, 11) is 1.85. The summed E-state index contributed by atoms with van der Waals surface area (Å²) in [5, 5.41) is 12.1. The van der Waals surface area contributed by atoms with E-state index in [4.69, 9.17) is 5.26 Å². The Morgan fingerprint density at radius 2 is 2.17 bits per heavy atom. The summed E-state index contributed by atoms with van der Waals surface area (Å²) in [4.78, 5) is 19.4. The quantitative estimate of drug-likeness (QED) is 0.677. The Bertz CT molecular complexity index is 716. The number of hydrogen-bond donors (Lipinski definition) is 1. The molecule has 5 nitrogen and oxygen atoms in total. The molecule has 0 radical (unpaired) electrons. The van der Waals surface area contributed by atoms with Crippen molar-refractivity contribution in [1.29, 1.82) is 5.26 Å². The number of hydrogen-bond acceptors (Lipinski definition) is 5. The Morgan fingerprint density at radius 3 is 2.87 bits per heavy atom. The van der Waals surface area contributed by atoms with Gasteiger partial charge in [-0.3, -0.25) is 4.79 Å². The molecule has 1 saturated carbocycles. The predicted molar refractivity (Wildman–Crippen MR) is 89.8 cm³/mol. The van der Waals surface area contributed by atoms with E-state index in [0.29, 0.717) is 17.3 Å².